The highest BCUT2D eigenvalue weighted by Crippen LogP contribution is 2.36. The van der Waals surface area contributed by atoms with Crippen LogP contribution in [-0.4, -0.2) is 18.4 Å². The molecule has 1 aliphatic rings. The van der Waals surface area contributed by atoms with Gasteiger partial charge in [0, 0.05) is 24.7 Å². The zero-order valence-corrected chi connectivity index (χ0v) is 13.1. The molecule has 4 nitrogen and oxygen atoms in total. The maximum Gasteiger partial charge on any atom is 0.254 e. The molecule has 1 N–H and O–H groups in total. The number of nitrogens with one attached hydrogen (secondary N) is 1. The Kier molecular flexibility index (Phi) is 4.99. The third-order valence-corrected chi connectivity index (χ3v) is 3.82. The minimum Gasteiger partial charge on any atom is -0.341 e. The van der Waals surface area contributed by atoms with E-state index in [1.165, 1.54) is 12.5 Å². The van der Waals surface area contributed by atoms with Crippen molar-refractivity contribution in [3.63, 3.8) is 0 Å². The van der Waals surface area contributed by atoms with Crippen molar-refractivity contribution in [1.82, 2.24) is 5.32 Å². The van der Waals surface area contributed by atoms with Gasteiger partial charge in [-0.2, -0.15) is 0 Å². The molecule has 21 heavy (non-hydrogen) atoms. The highest BCUT2D eigenvalue weighted by atomic mass is 16.2. The molecule has 0 bridgehead atoms. The van der Waals surface area contributed by atoms with E-state index in [-0.39, 0.29) is 11.8 Å². The van der Waals surface area contributed by atoms with Crippen molar-refractivity contribution in [2.75, 3.05) is 11.4 Å². The summed E-state index contributed by atoms with van der Waals surface area (Å²) in [4.78, 5) is 25.7. The minimum absolute atomic E-state index is 0.0188. The molecule has 0 unspecified atom stereocenters. The number of rotatable bonds is 6. The van der Waals surface area contributed by atoms with Crippen LogP contribution in [0.4, 0.5) is 5.69 Å². The van der Waals surface area contributed by atoms with E-state index in [9.17, 15) is 9.59 Å². The van der Waals surface area contributed by atoms with Crippen LogP contribution in [0.5, 0.6) is 0 Å². The molecule has 0 saturated carbocycles. The third kappa shape index (κ3) is 3.26. The molecule has 1 heterocycles. The van der Waals surface area contributed by atoms with E-state index in [0.717, 1.165) is 36.9 Å². The highest BCUT2D eigenvalue weighted by Gasteiger charge is 2.37. The predicted octanol–water partition coefficient (Wildman–Crippen LogP) is 2.96. The molecule has 0 fully saturated rings. The van der Waals surface area contributed by atoms with E-state index in [4.69, 9.17) is 0 Å². The minimum atomic E-state index is -0.523. The first-order valence-electron chi connectivity index (χ1n) is 7.79. The van der Waals surface area contributed by atoms with Crippen LogP contribution >= 0.6 is 0 Å². The van der Waals surface area contributed by atoms with Crippen LogP contribution in [0.1, 0.15) is 57.2 Å². The standard InChI is InChI=1S/C17H24N2O2/c1-4-6-7-13-8-9-15-14(11-13)16(18-12(3)20)17(21)19(15)10-5-2/h8-9,11,16H,4-7,10H2,1-3H3,(H,18,20)/t16-/m0/s1. The third-order valence-electron chi connectivity index (χ3n) is 3.82. The summed E-state index contributed by atoms with van der Waals surface area (Å²) >= 11 is 0. The Balaban J connectivity index is 2.35. The Labute approximate surface area is 126 Å². The van der Waals surface area contributed by atoms with Crippen molar-refractivity contribution in [3.8, 4) is 0 Å². The summed E-state index contributed by atoms with van der Waals surface area (Å²) in [6.07, 6.45) is 4.19. The Hall–Kier alpha value is -1.84. The summed E-state index contributed by atoms with van der Waals surface area (Å²) < 4.78 is 0. The second kappa shape index (κ2) is 6.74. The summed E-state index contributed by atoms with van der Waals surface area (Å²) in [6, 6.07) is 5.68. The molecular weight excluding hydrogens is 264 g/mol. The predicted molar refractivity (Wildman–Crippen MR) is 84.3 cm³/mol. The fourth-order valence-electron chi connectivity index (χ4n) is 2.82. The number of anilines is 1. The molecule has 1 atom stereocenters. The van der Waals surface area contributed by atoms with Crippen LogP contribution in [0, 0.1) is 0 Å². The zero-order valence-electron chi connectivity index (χ0n) is 13.1. The lowest BCUT2D eigenvalue weighted by Crippen LogP contribution is -2.36. The zero-order chi connectivity index (χ0) is 15.4. The fraction of sp³-hybridized carbons (Fsp3) is 0.529. The first-order valence-corrected chi connectivity index (χ1v) is 7.79. The molecule has 4 heteroatoms. The lowest BCUT2D eigenvalue weighted by molar-refractivity contribution is -0.126. The van der Waals surface area contributed by atoms with Gasteiger partial charge in [-0.25, -0.2) is 0 Å². The van der Waals surface area contributed by atoms with Crippen molar-refractivity contribution < 1.29 is 9.59 Å². The van der Waals surface area contributed by atoms with Crippen molar-refractivity contribution in [2.45, 2.75) is 52.5 Å². The van der Waals surface area contributed by atoms with Crippen LogP contribution in [0.25, 0.3) is 0 Å². The van der Waals surface area contributed by atoms with Crippen LogP contribution in [0.15, 0.2) is 18.2 Å². The normalized spacial score (nSPS) is 17.0. The van der Waals surface area contributed by atoms with Gasteiger partial charge in [-0.15, -0.1) is 0 Å². The summed E-state index contributed by atoms with van der Waals surface area (Å²) in [5.41, 5.74) is 3.12. The number of benzene rings is 1. The Morgan fingerprint density at radius 3 is 2.67 bits per heavy atom. The van der Waals surface area contributed by atoms with Crippen molar-refractivity contribution in [1.29, 1.82) is 0 Å². The van der Waals surface area contributed by atoms with Gasteiger partial charge < -0.3 is 10.2 Å². The number of aryl methyl sites for hydroxylation is 1. The second-order valence-electron chi connectivity index (χ2n) is 5.62. The lowest BCUT2D eigenvalue weighted by atomic mass is 10.0. The SMILES string of the molecule is CCCCc1ccc2c(c1)[C@H](NC(C)=O)C(=O)N2CCC. The number of carbonyl (C=O) groups is 2. The largest absolute Gasteiger partial charge is 0.341 e. The van der Waals surface area contributed by atoms with Gasteiger partial charge in [0.25, 0.3) is 5.91 Å². The molecule has 0 aromatic heterocycles. The van der Waals surface area contributed by atoms with E-state index >= 15 is 0 Å². The van der Waals surface area contributed by atoms with E-state index in [2.05, 4.69) is 24.4 Å². The maximum absolute atomic E-state index is 12.5. The maximum atomic E-state index is 12.5. The topological polar surface area (TPSA) is 49.4 Å². The number of unbranched alkanes of at least 4 members (excludes halogenated alkanes) is 1. The van der Waals surface area contributed by atoms with E-state index in [1.54, 1.807) is 4.90 Å². The fourth-order valence-corrected chi connectivity index (χ4v) is 2.82. The molecule has 114 valence electrons. The van der Waals surface area contributed by atoms with Crippen LogP contribution in [0.3, 0.4) is 0 Å². The molecule has 2 amide bonds. The van der Waals surface area contributed by atoms with E-state index in [0.29, 0.717) is 6.54 Å². The van der Waals surface area contributed by atoms with Gasteiger partial charge in [0.1, 0.15) is 6.04 Å². The molecule has 1 aliphatic heterocycles. The van der Waals surface area contributed by atoms with Crippen molar-refractivity contribution >= 4 is 17.5 Å². The smallest absolute Gasteiger partial charge is 0.254 e. The quantitative estimate of drug-likeness (QED) is 0.875. The van der Waals surface area contributed by atoms with Crippen molar-refractivity contribution in [3.05, 3.63) is 29.3 Å². The molecule has 2 rings (SSSR count). The Bertz CT molecular complexity index is 540. The lowest BCUT2D eigenvalue weighted by Gasteiger charge is -2.16. The number of amides is 2. The van der Waals surface area contributed by atoms with E-state index < -0.39 is 6.04 Å². The average molecular weight is 288 g/mol. The van der Waals surface area contributed by atoms with Gasteiger partial charge in [-0.05, 0) is 30.9 Å². The van der Waals surface area contributed by atoms with Gasteiger partial charge >= 0.3 is 0 Å². The first-order chi connectivity index (χ1) is 10.1. The molecular formula is C17H24N2O2. The summed E-state index contributed by atoms with van der Waals surface area (Å²) in [5.74, 6) is -0.189. The molecule has 0 spiro atoms. The Morgan fingerprint density at radius 2 is 2.05 bits per heavy atom. The second-order valence-corrected chi connectivity index (χ2v) is 5.62. The summed E-state index contributed by atoms with van der Waals surface area (Å²) in [5, 5.41) is 2.79. The van der Waals surface area contributed by atoms with Crippen LogP contribution in [0.2, 0.25) is 0 Å². The van der Waals surface area contributed by atoms with Gasteiger partial charge in [0.05, 0.1) is 0 Å². The number of hydrogen-bond acceptors (Lipinski definition) is 2. The van der Waals surface area contributed by atoms with E-state index in [1.807, 2.05) is 13.0 Å². The number of nitrogens with zero attached hydrogens (tertiary/aromatic N) is 1. The molecule has 0 saturated heterocycles. The van der Waals surface area contributed by atoms with Gasteiger partial charge in [-0.1, -0.05) is 32.4 Å². The molecule has 1 aromatic carbocycles. The molecule has 1 aromatic rings. The van der Waals surface area contributed by atoms with Gasteiger partial charge in [0.15, 0.2) is 0 Å². The number of carbonyl (C=O) groups excluding carboxylic acids is 2. The van der Waals surface area contributed by atoms with Gasteiger partial charge in [-0.3, -0.25) is 9.59 Å². The average Bonchev–Trinajstić information content (AvgIpc) is 2.70. The number of fused-ring (bicyclic) bond motifs is 1. The summed E-state index contributed by atoms with van der Waals surface area (Å²) in [6.45, 7) is 6.36. The van der Waals surface area contributed by atoms with Crippen LogP contribution in [-0.2, 0) is 16.0 Å². The first kappa shape index (κ1) is 15.5. The Morgan fingerprint density at radius 1 is 1.29 bits per heavy atom. The number of hydrogen-bond donors (Lipinski definition) is 1. The molecule has 0 aliphatic carbocycles. The van der Waals surface area contributed by atoms with Gasteiger partial charge in [0.2, 0.25) is 5.91 Å². The monoisotopic (exact) mass is 288 g/mol. The molecule has 0 radical (unpaired) electrons. The van der Waals surface area contributed by atoms with Crippen molar-refractivity contribution in [2.24, 2.45) is 0 Å². The highest BCUT2D eigenvalue weighted by molar-refractivity contribution is 6.06. The summed E-state index contributed by atoms with van der Waals surface area (Å²) in [7, 11) is 0. The van der Waals surface area contributed by atoms with Crippen LogP contribution < -0.4 is 10.2 Å².